The van der Waals surface area contributed by atoms with Crippen LogP contribution in [0.25, 0.3) is 0 Å². The lowest BCUT2D eigenvalue weighted by Gasteiger charge is -2.08. The van der Waals surface area contributed by atoms with Crippen molar-refractivity contribution < 1.29 is 18.7 Å². The Bertz CT molecular complexity index is 437. The average molecular weight is 209 g/mol. The quantitative estimate of drug-likeness (QED) is 0.550. The first-order valence-corrected chi connectivity index (χ1v) is 4.05. The fourth-order valence-electron chi connectivity index (χ4n) is 1.16. The molecule has 0 saturated carbocycles. The maximum atomic E-state index is 13.2. The first-order chi connectivity index (χ1) is 7.11. The topological polar surface area (TPSA) is 59.3 Å². The third-order valence-electron chi connectivity index (χ3n) is 1.86. The number of esters is 1. The Morgan fingerprint density at radius 1 is 1.53 bits per heavy atom. The van der Waals surface area contributed by atoms with Gasteiger partial charge in [-0.2, -0.15) is 0 Å². The highest BCUT2D eigenvalue weighted by molar-refractivity contribution is 5.94. The van der Waals surface area contributed by atoms with Gasteiger partial charge in [0.2, 0.25) is 0 Å². The van der Waals surface area contributed by atoms with Crippen molar-refractivity contribution in [2.75, 3.05) is 7.11 Å². The van der Waals surface area contributed by atoms with E-state index in [0.29, 0.717) is 5.56 Å². The molecule has 4 nitrogen and oxygen atoms in total. The highest BCUT2D eigenvalue weighted by Crippen LogP contribution is 2.26. The standard InChI is InChI=1S/C10H8FNO3/c1-6-3-4-7(11)9(15-5-12)8(6)10(13)14-2/h3-4H,1-2H3. The molecule has 0 bridgehead atoms. The summed E-state index contributed by atoms with van der Waals surface area (Å²) in [6.07, 6.45) is 1.32. The molecule has 5 heteroatoms. The molecule has 0 radical (unpaired) electrons. The number of halogens is 1. The van der Waals surface area contributed by atoms with E-state index in [9.17, 15) is 9.18 Å². The Kier molecular flexibility index (Phi) is 3.24. The molecule has 1 rings (SSSR count). The van der Waals surface area contributed by atoms with Crippen LogP contribution in [0.2, 0.25) is 0 Å². The maximum absolute atomic E-state index is 13.2. The van der Waals surface area contributed by atoms with Crippen molar-refractivity contribution in [3.8, 4) is 12.0 Å². The van der Waals surface area contributed by atoms with Gasteiger partial charge in [0.15, 0.2) is 11.6 Å². The van der Waals surface area contributed by atoms with Crippen molar-refractivity contribution in [2.24, 2.45) is 0 Å². The molecule has 0 fully saturated rings. The van der Waals surface area contributed by atoms with E-state index in [0.717, 1.165) is 6.07 Å². The highest BCUT2D eigenvalue weighted by atomic mass is 19.1. The fraction of sp³-hybridized carbons (Fsp3) is 0.200. The summed E-state index contributed by atoms with van der Waals surface area (Å²) in [7, 11) is 1.17. The van der Waals surface area contributed by atoms with E-state index in [-0.39, 0.29) is 5.56 Å². The number of nitriles is 1. The van der Waals surface area contributed by atoms with Crippen molar-refractivity contribution in [2.45, 2.75) is 6.92 Å². The van der Waals surface area contributed by atoms with Crippen LogP contribution in [0.5, 0.6) is 5.75 Å². The van der Waals surface area contributed by atoms with Crippen molar-refractivity contribution in [3.05, 3.63) is 29.1 Å². The van der Waals surface area contributed by atoms with E-state index in [2.05, 4.69) is 9.47 Å². The Labute approximate surface area is 85.8 Å². The number of ether oxygens (including phenoxy) is 2. The van der Waals surface area contributed by atoms with Crippen LogP contribution in [0.3, 0.4) is 0 Å². The molecule has 0 spiro atoms. The van der Waals surface area contributed by atoms with Crippen molar-refractivity contribution in [3.63, 3.8) is 0 Å². The normalized spacial score (nSPS) is 9.20. The van der Waals surface area contributed by atoms with Crippen LogP contribution in [0.1, 0.15) is 15.9 Å². The van der Waals surface area contributed by atoms with Gasteiger partial charge in [0.25, 0.3) is 6.26 Å². The Morgan fingerprint density at radius 2 is 2.20 bits per heavy atom. The highest BCUT2D eigenvalue weighted by Gasteiger charge is 2.20. The molecular weight excluding hydrogens is 201 g/mol. The SMILES string of the molecule is COC(=O)c1c(C)ccc(F)c1OC#N. The third kappa shape index (κ3) is 2.05. The lowest BCUT2D eigenvalue weighted by Crippen LogP contribution is -2.07. The predicted octanol–water partition coefficient (Wildman–Crippen LogP) is 1.78. The Hall–Kier alpha value is -2.09. The molecular formula is C10H8FNO3. The van der Waals surface area contributed by atoms with Gasteiger partial charge >= 0.3 is 5.97 Å². The predicted molar refractivity (Wildman–Crippen MR) is 48.7 cm³/mol. The zero-order valence-electron chi connectivity index (χ0n) is 8.20. The molecule has 0 aliphatic carbocycles. The van der Waals surface area contributed by atoms with E-state index in [1.54, 1.807) is 6.92 Å². The van der Waals surface area contributed by atoms with Crippen LogP contribution in [0, 0.1) is 24.3 Å². The van der Waals surface area contributed by atoms with E-state index < -0.39 is 17.5 Å². The minimum absolute atomic E-state index is 0.0703. The van der Waals surface area contributed by atoms with Gasteiger partial charge in [-0.3, -0.25) is 0 Å². The summed E-state index contributed by atoms with van der Waals surface area (Å²) in [5, 5.41) is 8.32. The zero-order chi connectivity index (χ0) is 11.4. The number of methoxy groups -OCH3 is 1. The summed E-state index contributed by atoms with van der Waals surface area (Å²) in [6, 6.07) is 2.53. The molecule has 0 atom stereocenters. The van der Waals surface area contributed by atoms with E-state index in [1.165, 1.54) is 19.4 Å². The molecule has 1 aromatic rings. The van der Waals surface area contributed by atoms with Gasteiger partial charge < -0.3 is 9.47 Å². The van der Waals surface area contributed by atoms with Crippen LogP contribution in [0.15, 0.2) is 12.1 Å². The first-order valence-electron chi connectivity index (χ1n) is 4.05. The number of carbonyl (C=O) groups is 1. The summed E-state index contributed by atoms with van der Waals surface area (Å²) in [5.74, 6) is -1.91. The lowest BCUT2D eigenvalue weighted by atomic mass is 10.1. The Balaban J connectivity index is 3.39. The number of hydrogen-bond acceptors (Lipinski definition) is 4. The molecule has 0 heterocycles. The number of aryl methyl sites for hydroxylation is 1. The molecule has 0 unspecified atom stereocenters. The van der Waals surface area contributed by atoms with Gasteiger partial charge in [0.05, 0.1) is 7.11 Å². The second kappa shape index (κ2) is 4.42. The smallest absolute Gasteiger partial charge is 0.342 e. The van der Waals surface area contributed by atoms with E-state index >= 15 is 0 Å². The summed E-state index contributed by atoms with van der Waals surface area (Å²) in [6.45, 7) is 1.59. The van der Waals surface area contributed by atoms with E-state index in [4.69, 9.17) is 5.26 Å². The van der Waals surface area contributed by atoms with Crippen LogP contribution in [-0.4, -0.2) is 13.1 Å². The molecule has 0 saturated heterocycles. The van der Waals surface area contributed by atoms with Crippen LogP contribution < -0.4 is 4.74 Å². The minimum atomic E-state index is -0.775. The zero-order valence-corrected chi connectivity index (χ0v) is 8.20. The van der Waals surface area contributed by atoms with Crippen molar-refractivity contribution in [1.29, 1.82) is 5.26 Å². The molecule has 0 aliphatic heterocycles. The molecule has 15 heavy (non-hydrogen) atoms. The van der Waals surface area contributed by atoms with Gasteiger partial charge in [0, 0.05) is 0 Å². The summed E-state index contributed by atoms with van der Waals surface area (Å²) < 4.78 is 22.1. The van der Waals surface area contributed by atoms with Gasteiger partial charge in [-0.15, -0.1) is 5.26 Å². The molecule has 0 N–H and O–H groups in total. The second-order valence-electron chi connectivity index (χ2n) is 2.75. The maximum Gasteiger partial charge on any atom is 0.342 e. The van der Waals surface area contributed by atoms with Crippen molar-refractivity contribution >= 4 is 5.97 Å². The second-order valence-corrected chi connectivity index (χ2v) is 2.75. The van der Waals surface area contributed by atoms with Gasteiger partial charge in [-0.25, -0.2) is 9.18 Å². The van der Waals surface area contributed by atoms with Crippen LogP contribution >= 0.6 is 0 Å². The molecule has 78 valence electrons. The Morgan fingerprint density at radius 3 is 2.73 bits per heavy atom. The summed E-state index contributed by atoms with van der Waals surface area (Å²) in [4.78, 5) is 11.3. The number of nitrogens with zero attached hydrogens (tertiary/aromatic N) is 1. The molecule has 0 aliphatic rings. The fourth-order valence-corrected chi connectivity index (χ4v) is 1.16. The van der Waals surface area contributed by atoms with Gasteiger partial charge in [-0.1, -0.05) is 6.07 Å². The van der Waals surface area contributed by atoms with Crippen molar-refractivity contribution in [1.82, 2.24) is 0 Å². The monoisotopic (exact) mass is 209 g/mol. The van der Waals surface area contributed by atoms with Gasteiger partial charge in [0.1, 0.15) is 5.56 Å². The largest absolute Gasteiger partial charge is 0.465 e. The summed E-state index contributed by atoms with van der Waals surface area (Å²) >= 11 is 0. The first kappa shape index (κ1) is 11.0. The number of hydrogen-bond donors (Lipinski definition) is 0. The molecule has 0 amide bonds. The number of rotatable bonds is 2. The lowest BCUT2D eigenvalue weighted by molar-refractivity contribution is 0.0596. The van der Waals surface area contributed by atoms with Gasteiger partial charge in [-0.05, 0) is 18.6 Å². The third-order valence-corrected chi connectivity index (χ3v) is 1.86. The molecule has 1 aromatic carbocycles. The molecule has 0 aromatic heterocycles. The van der Waals surface area contributed by atoms with Crippen LogP contribution in [0.4, 0.5) is 4.39 Å². The number of carbonyl (C=O) groups excluding carboxylic acids is 1. The van der Waals surface area contributed by atoms with Crippen LogP contribution in [-0.2, 0) is 4.74 Å². The minimum Gasteiger partial charge on any atom is -0.465 e. The summed E-state index contributed by atoms with van der Waals surface area (Å²) in [5.41, 5.74) is 0.410. The number of benzene rings is 1. The average Bonchev–Trinajstić information content (AvgIpc) is 2.23. The van der Waals surface area contributed by atoms with E-state index in [1.807, 2.05) is 0 Å².